The van der Waals surface area contributed by atoms with Gasteiger partial charge >= 0.3 is 0 Å². The van der Waals surface area contributed by atoms with E-state index >= 15 is 0 Å². The molecule has 0 radical (unpaired) electrons. The van der Waals surface area contributed by atoms with Crippen LogP contribution in [-0.4, -0.2) is 53.4 Å². The molecule has 1 aromatic heterocycles. The van der Waals surface area contributed by atoms with Crippen molar-refractivity contribution in [2.45, 2.75) is 6.92 Å². The van der Waals surface area contributed by atoms with Gasteiger partial charge in [0, 0.05) is 26.2 Å². The van der Waals surface area contributed by atoms with Crippen LogP contribution in [0.2, 0.25) is 0 Å². The van der Waals surface area contributed by atoms with Crippen molar-refractivity contribution in [2.24, 2.45) is 0 Å². The molecule has 2 aromatic rings. The summed E-state index contributed by atoms with van der Waals surface area (Å²) in [6.07, 6.45) is 1.63. The Balaban J connectivity index is 1.66. The van der Waals surface area contributed by atoms with Crippen molar-refractivity contribution < 1.29 is 4.79 Å². The third-order valence-electron chi connectivity index (χ3n) is 4.42. The zero-order valence-electron chi connectivity index (χ0n) is 14.3. The zero-order valence-corrected chi connectivity index (χ0v) is 14.3. The molecule has 0 aliphatic carbocycles. The maximum absolute atomic E-state index is 12.5. The summed E-state index contributed by atoms with van der Waals surface area (Å²) in [5.74, 6) is -0.0280. The van der Waals surface area contributed by atoms with Crippen LogP contribution in [0.15, 0.2) is 42.6 Å². The first-order chi connectivity index (χ1) is 12.2. The minimum absolute atomic E-state index is 0.0280. The first kappa shape index (κ1) is 16.9. The van der Waals surface area contributed by atoms with Gasteiger partial charge in [-0.25, -0.2) is 4.98 Å². The second-order valence-corrected chi connectivity index (χ2v) is 5.94. The molecule has 0 atom stereocenters. The normalized spacial score (nSPS) is 14.8. The van der Waals surface area contributed by atoms with Gasteiger partial charge in [-0.1, -0.05) is 19.1 Å². The van der Waals surface area contributed by atoms with Crippen molar-refractivity contribution in [3.8, 4) is 6.07 Å². The second kappa shape index (κ2) is 7.77. The summed E-state index contributed by atoms with van der Waals surface area (Å²) in [5.41, 5.74) is 2.48. The van der Waals surface area contributed by atoms with Gasteiger partial charge in [-0.15, -0.1) is 0 Å². The monoisotopic (exact) mass is 335 g/mol. The number of piperazine rings is 1. The number of nitrogens with one attached hydrogen (secondary N) is 1. The summed E-state index contributed by atoms with van der Waals surface area (Å²) in [6, 6.07) is 13.0. The number of likely N-dealkylation sites (N-methyl/N-ethyl adjacent to an activating group) is 1. The number of benzene rings is 1. The summed E-state index contributed by atoms with van der Waals surface area (Å²) >= 11 is 0. The van der Waals surface area contributed by atoms with Crippen molar-refractivity contribution in [3.05, 3.63) is 53.9 Å². The Kier molecular flexibility index (Phi) is 5.26. The maximum Gasteiger partial charge on any atom is 0.272 e. The summed E-state index contributed by atoms with van der Waals surface area (Å²) in [5, 5.41) is 12.3. The van der Waals surface area contributed by atoms with Crippen LogP contribution in [0.3, 0.4) is 0 Å². The molecule has 0 spiro atoms. The highest BCUT2D eigenvalue weighted by molar-refractivity contribution is 5.92. The van der Waals surface area contributed by atoms with Gasteiger partial charge in [0.1, 0.15) is 11.8 Å². The molecule has 6 heteroatoms. The van der Waals surface area contributed by atoms with E-state index in [4.69, 9.17) is 5.26 Å². The summed E-state index contributed by atoms with van der Waals surface area (Å²) < 4.78 is 0. The maximum atomic E-state index is 12.5. The zero-order chi connectivity index (χ0) is 17.6. The topological polar surface area (TPSA) is 72.3 Å². The summed E-state index contributed by atoms with van der Waals surface area (Å²) in [4.78, 5) is 21.0. The standard InChI is InChI=1S/C19H21N5O/c1-2-23-9-11-24(12-10-23)19(25)18-8-7-16(14-21-18)22-17-6-4-3-5-15(17)13-20/h3-8,14,22H,2,9-12H2,1H3. The quantitative estimate of drug-likeness (QED) is 0.929. The number of pyridine rings is 1. The fourth-order valence-corrected chi connectivity index (χ4v) is 2.87. The van der Waals surface area contributed by atoms with E-state index in [2.05, 4.69) is 28.2 Å². The number of hydrogen-bond acceptors (Lipinski definition) is 5. The Morgan fingerprint density at radius 2 is 1.96 bits per heavy atom. The number of aromatic nitrogens is 1. The van der Waals surface area contributed by atoms with Crippen molar-refractivity contribution >= 4 is 17.3 Å². The minimum Gasteiger partial charge on any atom is -0.353 e. The van der Waals surface area contributed by atoms with Crippen molar-refractivity contribution in [1.29, 1.82) is 5.26 Å². The lowest BCUT2D eigenvalue weighted by Gasteiger charge is -2.33. The van der Waals surface area contributed by atoms with E-state index in [9.17, 15) is 4.79 Å². The Bertz CT molecular complexity index is 773. The number of rotatable bonds is 4. The van der Waals surface area contributed by atoms with Crippen LogP contribution in [0, 0.1) is 11.3 Å². The first-order valence-corrected chi connectivity index (χ1v) is 8.45. The lowest BCUT2D eigenvalue weighted by molar-refractivity contribution is 0.0637. The molecule has 0 unspecified atom stereocenters. The molecule has 128 valence electrons. The van der Waals surface area contributed by atoms with Gasteiger partial charge in [0.2, 0.25) is 0 Å². The Morgan fingerprint density at radius 1 is 1.20 bits per heavy atom. The number of hydrogen-bond donors (Lipinski definition) is 1. The molecule has 1 aliphatic rings. The number of amides is 1. The van der Waals surface area contributed by atoms with Crippen molar-refractivity contribution in [1.82, 2.24) is 14.8 Å². The number of nitrogens with zero attached hydrogens (tertiary/aromatic N) is 4. The van der Waals surface area contributed by atoms with Crippen LogP contribution >= 0.6 is 0 Å². The van der Waals surface area contributed by atoms with Gasteiger partial charge in [-0.2, -0.15) is 5.26 Å². The van der Waals surface area contributed by atoms with Gasteiger partial charge < -0.3 is 15.1 Å². The van der Waals surface area contributed by atoms with Crippen LogP contribution in [0.25, 0.3) is 0 Å². The third-order valence-corrected chi connectivity index (χ3v) is 4.42. The average molecular weight is 335 g/mol. The Morgan fingerprint density at radius 3 is 2.60 bits per heavy atom. The molecule has 1 fully saturated rings. The second-order valence-electron chi connectivity index (χ2n) is 5.94. The van der Waals surface area contributed by atoms with E-state index in [1.807, 2.05) is 29.2 Å². The van der Waals surface area contributed by atoms with E-state index in [0.717, 1.165) is 44.1 Å². The predicted molar refractivity (Wildman–Crippen MR) is 96.7 cm³/mol. The van der Waals surface area contributed by atoms with E-state index in [-0.39, 0.29) is 5.91 Å². The molecule has 1 saturated heterocycles. The smallest absolute Gasteiger partial charge is 0.272 e. The molecule has 1 aromatic carbocycles. The number of para-hydroxylation sites is 1. The van der Waals surface area contributed by atoms with Crippen molar-refractivity contribution in [2.75, 3.05) is 38.0 Å². The Hall–Kier alpha value is -2.91. The van der Waals surface area contributed by atoms with E-state index in [0.29, 0.717) is 11.3 Å². The summed E-state index contributed by atoms with van der Waals surface area (Å²) in [6.45, 7) is 6.45. The third kappa shape index (κ3) is 3.95. The summed E-state index contributed by atoms with van der Waals surface area (Å²) in [7, 11) is 0. The molecule has 1 amide bonds. The van der Waals surface area contributed by atoms with E-state index < -0.39 is 0 Å². The molecule has 6 nitrogen and oxygen atoms in total. The highest BCUT2D eigenvalue weighted by Crippen LogP contribution is 2.20. The van der Waals surface area contributed by atoms with Crippen LogP contribution < -0.4 is 5.32 Å². The fourth-order valence-electron chi connectivity index (χ4n) is 2.87. The van der Waals surface area contributed by atoms with Crippen LogP contribution in [0.1, 0.15) is 23.0 Å². The van der Waals surface area contributed by atoms with Gasteiger partial charge in [0.25, 0.3) is 5.91 Å². The highest BCUT2D eigenvalue weighted by atomic mass is 16.2. The number of carbonyl (C=O) groups excluding carboxylic acids is 1. The lowest BCUT2D eigenvalue weighted by atomic mass is 10.2. The average Bonchev–Trinajstić information content (AvgIpc) is 2.68. The first-order valence-electron chi connectivity index (χ1n) is 8.45. The van der Waals surface area contributed by atoms with Gasteiger partial charge in [0.15, 0.2) is 0 Å². The number of carbonyl (C=O) groups is 1. The molecule has 2 heterocycles. The van der Waals surface area contributed by atoms with E-state index in [1.54, 1.807) is 18.3 Å². The number of anilines is 2. The van der Waals surface area contributed by atoms with Gasteiger partial charge in [0.05, 0.1) is 23.1 Å². The molecular formula is C19H21N5O. The lowest BCUT2D eigenvalue weighted by Crippen LogP contribution is -2.48. The molecule has 25 heavy (non-hydrogen) atoms. The highest BCUT2D eigenvalue weighted by Gasteiger charge is 2.22. The van der Waals surface area contributed by atoms with Crippen LogP contribution in [0.5, 0.6) is 0 Å². The minimum atomic E-state index is -0.0280. The SMILES string of the molecule is CCN1CCN(C(=O)c2ccc(Nc3ccccc3C#N)cn2)CC1. The van der Waals surface area contributed by atoms with Gasteiger partial charge in [-0.05, 0) is 30.8 Å². The fraction of sp³-hybridized carbons (Fsp3) is 0.316. The molecule has 0 saturated carbocycles. The van der Waals surface area contributed by atoms with Crippen LogP contribution in [-0.2, 0) is 0 Å². The molecule has 0 bridgehead atoms. The molecular weight excluding hydrogens is 314 g/mol. The van der Waals surface area contributed by atoms with Crippen molar-refractivity contribution in [3.63, 3.8) is 0 Å². The van der Waals surface area contributed by atoms with Gasteiger partial charge in [-0.3, -0.25) is 4.79 Å². The Labute approximate surface area is 147 Å². The number of nitriles is 1. The van der Waals surface area contributed by atoms with E-state index in [1.165, 1.54) is 0 Å². The molecule has 1 N–H and O–H groups in total. The largest absolute Gasteiger partial charge is 0.353 e. The predicted octanol–water partition coefficient (Wildman–Crippen LogP) is 2.47. The van der Waals surface area contributed by atoms with Crippen LogP contribution in [0.4, 0.5) is 11.4 Å². The molecule has 3 rings (SSSR count). The molecule has 1 aliphatic heterocycles.